The number of aromatic nitrogens is 2. The van der Waals surface area contributed by atoms with Gasteiger partial charge in [-0.2, -0.15) is 0 Å². The van der Waals surface area contributed by atoms with Gasteiger partial charge < -0.3 is 10.0 Å². The quantitative estimate of drug-likeness (QED) is 0.296. The molecule has 0 bridgehead atoms. The fourth-order valence-corrected chi connectivity index (χ4v) is 6.56. The molecule has 1 amide bonds. The number of benzene rings is 2. The second kappa shape index (κ2) is 13.2. The number of nitrogens with zero attached hydrogens (tertiary/aromatic N) is 3. The maximum Gasteiger partial charge on any atom is 0.323 e. The molecular formula is C35H41N3O3. The van der Waals surface area contributed by atoms with Crippen molar-refractivity contribution in [1.82, 2.24) is 14.9 Å². The van der Waals surface area contributed by atoms with Gasteiger partial charge in [-0.25, -0.2) is 9.97 Å². The number of hydrogen-bond acceptors (Lipinski definition) is 4. The van der Waals surface area contributed by atoms with E-state index in [4.69, 9.17) is 0 Å². The minimum absolute atomic E-state index is 0.203. The molecule has 1 saturated carbocycles. The Morgan fingerprint density at radius 3 is 2.27 bits per heavy atom. The van der Waals surface area contributed by atoms with Gasteiger partial charge in [0, 0.05) is 35.6 Å². The lowest BCUT2D eigenvalue weighted by Crippen LogP contribution is -2.35. The first-order valence-corrected chi connectivity index (χ1v) is 15.1. The van der Waals surface area contributed by atoms with E-state index in [1.807, 2.05) is 55.7 Å². The average molecular weight is 552 g/mol. The van der Waals surface area contributed by atoms with E-state index >= 15 is 0 Å². The highest BCUT2D eigenvalue weighted by molar-refractivity contribution is 5.96. The Morgan fingerprint density at radius 2 is 1.66 bits per heavy atom. The van der Waals surface area contributed by atoms with Gasteiger partial charge in [-0.1, -0.05) is 74.2 Å². The van der Waals surface area contributed by atoms with Gasteiger partial charge in [0.25, 0.3) is 5.91 Å². The first-order chi connectivity index (χ1) is 19.9. The van der Waals surface area contributed by atoms with E-state index in [2.05, 4.69) is 23.0 Å². The van der Waals surface area contributed by atoms with Crippen LogP contribution in [-0.2, 0) is 11.3 Å². The lowest BCUT2D eigenvalue weighted by molar-refractivity contribution is -0.137. The predicted octanol–water partition coefficient (Wildman–Crippen LogP) is 7.58. The third-order valence-corrected chi connectivity index (χ3v) is 9.07. The molecule has 5 rings (SSSR count). The van der Waals surface area contributed by atoms with Crippen LogP contribution >= 0.6 is 0 Å². The Kier molecular flexibility index (Phi) is 9.28. The molecule has 0 spiro atoms. The number of carbonyl (C=O) groups is 2. The zero-order chi connectivity index (χ0) is 28.8. The molecule has 1 heterocycles. The summed E-state index contributed by atoms with van der Waals surface area (Å²) in [4.78, 5) is 35.2. The average Bonchev–Trinajstić information content (AvgIpc) is 3.01. The van der Waals surface area contributed by atoms with Gasteiger partial charge in [0.2, 0.25) is 0 Å². The van der Waals surface area contributed by atoms with Crippen LogP contribution < -0.4 is 0 Å². The highest BCUT2D eigenvalue weighted by Crippen LogP contribution is 2.41. The number of aryl methyl sites for hydroxylation is 1. The van der Waals surface area contributed by atoms with Gasteiger partial charge in [-0.3, -0.25) is 9.59 Å². The topological polar surface area (TPSA) is 83.4 Å². The first kappa shape index (κ1) is 28.7. The molecule has 2 aliphatic rings. The van der Waals surface area contributed by atoms with Gasteiger partial charge in [-0.05, 0) is 80.1 Å². The standard InChI is InChI=1S/C35H41N3O3/c1-3-25-7-11-27(12-8-25)28-15-17-29(18-16-28)32-20-36-34(37-21-32)30-13-9-26(10-14-30)22-38(23-33(39)40)35(41)31-6-4-5-24(2)19-31/h4-6,9-10,13-14,17,19-21,25,27-28H,3,7-8,11-12,15-16,18,22-23H2,1-2H3,(H,39,40). The lowest BCUT2D eigenvalue weighted by atomic mass is 9.71. The minimum atomic E-state index is -1.04. The summed E-state index contributed by atoms with van der Waals surface area (Å²) in [6.45, 7) is 4.08. The number of aliphatic carboxylic acids is 1. The van der Waals surface area contributed by atoms with E-state index in [1.165, 1.54) is 55.4 Å². The van der Waals surface area contributed by atoms with E-state index in [0.29, 0.717) is 11.4 Å². The third kappa shape index (κ3) is 7.29. The summed E-state index contributed by atoms with van der Waals surface area (Å²) in [6, 6.07) is 14.9. The van der Waals surface area contributed by atoms with Crippen LogP contribution in [0, 0.1) is 24.7 Å². The molecule has 41 heavy (non-hydrogen) atoms. The SMILES string of the molecule is CCC1CCC(C2CC=C(c3cnc(-c4ccc(CN(CC(=O)O)C(=O)c5cccc(C)c5)cc4)nc3)CC2)CC1. The van der Waals surface area contributed by atoms with Crippen molar-refractivity contribution in [1.29, 1.82) is 0 Å². The maximum absolute atomic E-state index is 13.0. The fraction of sp³-hybridized carbons (Fsp3) is 0.429. The molecule has 214 valence electrons. The molecular weight excluding hydrogens is 510 g/mol. The van der Waals surface area contributed by atoms with Crippen molar-refractivity contribution in [2.75, 3.05) is 6.54 Å². The Morgan fingerprint density at radius 1 is 0.927 bits per heavy atom. The Bertz CT molecular complexity index is 1370. The molecule has 1 N–H and O–H groups in total. The summed E-state index contributed by atoms with van der Waals surface area (Å²) in [6.07, 6.45) is 16.8. The van der Waals surface area contributed by atoms with Crippen molar-refractivity contribution < 1.29 is 14.7 Å². The van der Waals surface area contributed by atoms with Crippen molar-refractivity contribution >= 4 is 17.4 Å². The summed E-state index contributed by atoms with van der Waals surface area (Å²) in [5.41, 5.74) is 5.64. The van der Waals surface area contributed by atoms with Gasteiger partial charge >= 0.3 is 5.97 Å². The fourth-order valence-electron chi connectivity index (χ4n) is 6.56. The van der Waals surface area contributed by atoms with Crippen LogP contribution in [0.15, 0.2) is 67.0 Å². The number of allylic oxidation sites excluding steroid dienone is 2. The number of hydrogen-bond donors (Lipinski definition) is 1. The smallest absolute Gasteiger partial charge is 0.323 e. The number of carbonyl (C=O) groups excluding carboxylic acids is 1. The number of rotatable bonds is 9. The highest BCUT2D eigenvalue weighted by Gasteiger charge is 2.28. The normalized spacial score (nSPS) is 20.7. The molecule has 2 aromatic carbocycles. The first-order valence-electron chi connectivity index (χ1n) is 15.1. The van der Waals surface area contributed by atoms with Crippen LogP contribution in [0.5, 0.6) is 0 Å². The molecule has 1 atom stereocenters. The van der Waals surface area contributed by atoms with E-state index in [0.717, 1.165) is 46.4 Å². The molecule has 2 aliphatic carbocycles. The zero-order valence-electron chi connectivity index (χ0n) is 24.3. The largest absolute Gasteiger partial charge is 0.480 e. The van der Waals surface area contributed by atoms with E-state index in [1.54, 1.807) is 12.1 Å². The van der Waals surface area contributed by atoms with Crippen LogP contribution in [-0.4, -0.2) is 38.4 Å². The lowest BCUT2D eigenvalue weighted by Gasteiger charge is -2.35. The number of carboxylic acids is 1. The van der Waals surface area contributed by atoms with Crippen LogP contribution in [0.1, 0.15) is 85.3 Å². The molecule has 1 aromatic heterocycles. The molecule has 0 saturated heterocycles. The van der Waals surface area contributed by atoms with E-state index < -0.39 is 5.97 Å². The van der Waals surface area contributed by atoms with Gasteiger partial charge in [0.1, 0.15) is 6.54 Å². The second-order valence-corrected chi connectivity index (χ2v) is 11.9. The molecule has 0 radical (unpaired) electrons. The van der Waals surface area contributed by atoms with Gasteiger partial charge in [0.05, 0.1) is 0 Å². The molecule has 1 fully saturated rings. The van der Waals surface area contributed by atoms with Crippen molar-refractivity contribution in [3.63, 3.8) is 0 Å². The van der Waals surface area contributed by atoms with Crippen LogP contribution in [0.3, 0.4) is 0 Å². The molecule has 0 aliphatic heterocycles. The second-order valence-electron chi connectivity index (χ2n) is 11.9. The Hall–Kier alpha value is -3.80. The molecule has 3 aromatic rings. The monoisotopic (exact) mass is 551 g/mol. The maximum atomic E-state index is 13.0. The summed E-state index contributed by atoms with van der Waals surface area (Å²) in [5, 5.41) is 9.40. The van der Waals surface area contributed by atoms with E-state index in [-0.39, 0.29) is 19.0 Å². The Labute approximate surface area is 243 Å². The zero-order valence-corrected chi connectivity index (χ0v) is 24.3. The van der Waals surface area contributed by atoms with Gasteiger partial charge in [0.15, 0.2) is 5.82 Å². The summed E-state index contributed by atoms with van der Waals surface area (Å²) >= 11 is 0. The molecule has 1 unspecified atom stereocenters. The van der Waals surface area contributed by atoms with Gasteiger partial charge in [-0.15, -0.1) is 0 Å². The summed E-state index contributed by atoms with van der Waals surface area (Å²) < 4.78 is 0. The van der Waals surface area contributed by atoms with Crippen molar-refractivity contribution in [3.05, 3.63) is 89.3 Å². The Balaban J connectivity index is 1.20. The molecule has 6 nitrogen and oxygen atoms in total. The van der Waals surface area contributed by atoms with Crippen LogP contribution in [0.4, 0.5) is 0 Å². The van der Waals surface area contributed by atoms with Crippen molar-refractivity contribution in [3.8, 4) is 11.4 Å². The summed E-state index contributed by atoms with van der Waals surface area (Å²) in [5.74, 6) is 1.99. The minimum Gasteiger partial charge on any atom is -0.480 e. The molecule has 6 heteroatoms. The van der Waals surface area contributed by atoms with E-state index in [9.17, 15) is 14.7 Å². The summed E-state index contributed by atoms with van der Waals surface area (Å²) in [7, 11) is 0. The van der Waals surface area contributed by atoms with Crippen LogP contribution in [0.2, 0.25) is 0 Å². The predicted molar refractivity (Wildman–Crippen MR) is 162 cm³/mol. The highest BCUT2D eigenvalue weighted by atomic mass is 16.4. The third-order valence-electron chi connectivity index (χ3n) is 9.07. The van der Waals surface area contributed by atoms with Crippen LogP contribution in [0.25, 0.3) is 17.0 Å². The van der Waals surface area contributed by atoms with Crippen molar-refractivity contribution in [2.24, 2.45) is 17.8 Å². The van der Waals surface area contributed by atoms with Crippen molar-refractivity contribution in [2.45, 2.75) is 71.8 Å². The number of carboxylic acid groups (broad SMARTS) is 1. The number of amides is 1.